The van der Waals surface area contributed by atoms with Crippen LogP contribution in [0.25, 0.3) is 11.1 Å². The molecule has 0 N–H and O–H groups in total. The van der Waals surface area contributed by atoms with E-state index in [0.717, 1.165) is 42.6 Å². The van der Waals surface area contributed by atoms with Gasteiger partial charge in [-0.15, -0.1) is 0 Å². The number of hydrogen-bond donors (Lipinski definition) is 0. The number of fused-ring (bicyclic) bond motifs is 1. The fourth-order valence-electron chi connectivity index (χ4n) is 4.29. The highest BCUT2D eigenvalue weighted by atomic mass is 35.5. The van der Waals surface area contributed by atoms with Crippen molar-refractivity contribution in [2.24, 2.45) is 0 Å². The number of carbonyl (C=O) groups excluding carboxylic acids is 1. The van der Waals surface area contributed by atoms with Crippen molar-refractivity contribution in [3.05, 3.63) is 71.1 Å². The molecule has 33 heavy (non-hydrogen) atoms. The maximum atomic E-state index is 13.0. The van der Waals surface area contributed by atoms with Crippen LogP contribution in [0.4, 0.5) is 0 Å². The first-order valence-corrected chi connectivity index (χ1v) is 11.7. The van der Waals surface area contributed by atoms with Gasteiger partial charge in [0.05, 0.1) is 24.5 Å². The molecule has 3 aromatic rings. The van der Waals surface area contributed by atoms with Crippen molar-refractivity contribution in [2.75, 3.05) is 26.4 Å². The Bertz CT molecular complexity index is 1110. The van der Waals surface area contributed by atoms with Crippen molar-refractivity contribution in [3.8, 4) is 22.6 Å². The number of nitrogens with zero attached hydrogens (tertiary/aromatic N) is 1. The van der Waals surface area contributed by atoms with Crippen LogP contribution in [0.5, 0.6) is 11.5 Å². The number of benzene rings is 2. The summed E-state index contributed by atoms with van der Waals surface area (Å²) >= 11 is 6.25. The zero-order chi connectivity index (χ0) is 22.6. The zero-order valence-corrected chi connectivity index (χ0v) is 19.1. The van der Waals surface area contributed by atoms with E-state index < -0.39 is 0 Å². The van der Waals surface area contributed by atoms with Crippen molar-refractivity contribution >= 4 is 17.5 Å². The highest BCUT2D eigenvalue weighted by molar-refractivity contribution is 6.30. The van der Waals surface area contributed by atoms with Crippen LogP contribution in [0.2, 0.25) is 5.02 Å². The SMILES string of the molecule is O=C(c1ccoc1)N1CCOc2c(cc(-c3cccc(Cl)c3)cc2OCC2CCCCO2)C1. The number of rotatable bonds is 5. The van der Waals surface area contributed by atoms with Crippen LogP contribution in [0.3, 0.4) is 0 Å². The molecule has 3 heterocycles. The number of carbonyl (C=O) groups is 1. The van der Waals surface area contributed by atoms with Crippen LogP contribution in [0.15, 0.2) is 59.4 Å². The molecular weight excluding hydrogens is 442 g/mol. The monoisotopic (exact) mass is 467 g/mol. The minimum Gasteiger partial charge on any atom is -0.487 e. The highest BCUT2D eigenvalue weighted by Gasteiger charge is 2.26. The number of ether oxygens (including phenoxy) is 3. The summed E-state index contributed by atoms with van der Waals surface area (Å²) < 4.78 is 23.3. The second-order valence-electron chi connectivity index (χ2n) is 8.36. The molecule has 0 bridgehead atoms. The van der Waals surface area contributed by atoms with E-state index in [9.17, 15) is 4.79 Å². The first-order chi connectivity index (χ1) is 16.2. The summed E-state index contributed by atoms with van der Waals surface area (Å²) in [7, 11) is 0. The molecule has 0 saturated carbocycles. The predicted octanol–water partition coefficient (Wildman–Crippen LogP) is 5.58. The summed E-state index contributed by atoms with van der Waals surface area (Å²) in [6.07, 6.45) is 6.29. The fraction of sp³-hybridized carbons (Fsp3) is 0.346. The fourth-order valence-corrected chi connectivity index (χ4v) is 4.48. The molecule has 7 heteroatoms. The van der Waals surface area contributed by atoms with Crippen LogP contribution in [0, 0.1) is 0 Å². The van der Waals surface area contributed by atoms with Gasteiger partial charge in [0.25, 0.3) is 5.91 Å². The summed E-state index contributed by atoms with van der Waals surface area (Å²) in [4.78, 5) is 14.8. The molecule has 6 nitrogen and oxygen atoms in total. The third kappa shape index (κ3) is 5.02. The molecule has 5 rings (SSSR count). The molecular formula is C26H26ClNO5. The van der Waals surface area contributed by atoms with Gasteiger partial charge in [-0.1, -0.05) is 23.7 Å². The maximum absolute atomic E-state index is 13.0. The van der Waals surface area contributed by atoms with E-state index in [-0.39, 0.29) is 12.0 Å². The van der Waals surface area contributed by atoms with Gasteiger partial charge in [-0.05, 0) is 60.7 Å². The smallest absolute Gasteiger partial charge is 0.257 e. The zero-order valence-electron chi connectivity index (χ0n) is 18.3. The van der Waals surface area contributed by atoms with Crippen LogP contribution >= 0.6 is 11.6 Å². The lowest BCUT2D eigenvalue weighted by atomic mass is 10.0. The standard InChI is InChI=1S/C26H26ClNO5/c27-22-5-3-4-18(13-22)20-12-21-15-28(26(29)19-7-10-30-16-19)8-11-32-25(21)24(14-20)33-17-23-6-1-2-9-31-23/h3-5,7,10,12-14,16,23H,1-2,6,8-9,11,15,17H2. The lowest BCUT2D eigenvalue weighted by molar-refractivity contribution is -0.0115. The molecule has 1 amide bonds. The number of halogens is 1. The quantitative estimate of drug-likeness (QED) is 0.490. The van der Waals surface area contributed by atoms with E-state index in [0.29, 0.717) is 48.4 Å². The van der Waals surface area contributed by atoms with Crippen molar-refractivity contribution in [3.63, 3.8) is 0 Å². The second kappa shape index (κ2) is 9.89. The number of amides is 1. The lowest BCUT2D eigenvalue weighted by Gasteiger charge is -2.24. The molecule has 0 aliphatic carbocycles. The predicted molar refractivity (Wildman–Crippen MR) is 125 cm³/mol. The lowest BCUT2D eigenvalue weighted by Crippen LogP contribution is -2.32. The van der Waals surface area contributed by atoms with E-state index in [1.54, 1.807) is 11.0 Å². The molecule has 2 aliphatic heterocycles. The van der Waals surface area contributed by atoms with E-state index in [1.807, 2.05) is 36.4 Å². The van der Waals surface area contributed by atoms with Crippen molar-refractivity contribution in [2.45, 2.75) is 31.9 Å². The van der Waals surface area contributed by atoms with Crippen molar-refractivity contribution in [1.29, 1.82) is 0 Å². The van der Waals surface area contributed by atoms with E-state index in [1.165, 1.54) is 12.5 Å². The van der Waals surface area contributed by atoms with Crippen LogP contribution in [-0.2, 0) is 11.3 Å². The van der Waals surface area contributed by atoms with Gasteiger partial charge in [0.2, 0.25) is 0 Å². The Kier molecular flexibility index (Phi) is 6.55. The molecule has 2 aliphatic rings. The van der Waals surface area contributed by atoms with Crippen LogP contribution in [0.1, 0.15) is 35.2 Å². The normalized spacial score (nSPS) is 18.2. The number of furan rings is 1. The van der Waals surface area contributed by atoms with Crippen LogP contribution in [-0.4, -0.2) is 43.3 Å². The first-order valence-electron chi connectivity index (χ1n) is 11.3. The number of hydrogen-bond acceptors (Lipinski definition) is 5. The molecule has 1 atom stereocenters. The van der Waals surface area contributed by atoms with Gasteiger partial charge in [0, 0.05) is 23.7 Å². The van der Waals surface area contributed by atoms with Crippen molar-refractivity contribution < 1.29 is 23.4 Å². The van der Waals surface area contributed by atoms with Gasteiger partial charge in [0.15, 0.2) is 11.5 Å². The summed E-state index contributed by atoms with van der Waals surface area (Å²) in [6.45, 7) is 2.49. The Morgan fingerprint density at radius 3 is 2.85 bits per heavy atom. The summed E-state index contributed by atoms with van der Waals surface area (Å²) in [5.74, 6) is 1.25. The molecule has 0 spiro atoms. The molecule has 172 valence electrons. The van der Waals surface area contributed by atoms with Gasteiger partial charge < -0.3 is 23.5 Å². The van der Waals surface area contributed by atoms with E-state index in [4.69, 9.17) is 30.2 Å². The minimum absolute atomic E-state index is 0.0779. The third-order valence-electron chi connectivity index (χ3n) is 6.01. The molecule has 1 fully saturated rings. The Morgan fingerprint density at radius 1 is 1.12 bits per heavy atom. The average molecular weight is 468 g/mol. The van der Waals surface area contributed by atoms with Gasteiger partial charge in [-0.25, -0.2) is 0 Å². The maximum Gasteiger partial charge on any atom is 0.257 e. The van der Waals surface area contributed by atoms with E-state index in [2.05, 4.69) is 0 Å². The van der Waals surface area contributed by atoms with Gasteiger partial charge >= 0.3 is 0 Å². The largest absolute Gasteiger partial charge is 0.487 e. The summed E-state index contributed by atoms with van der Waals surface area (Å²) in [5.41, 5.74) is 3.34. The Labute approximate surface area is 198 Å². The first kappa shape index (κ1) is 21.9. The van der Waals surface area contributed by atoms with Gasteiger partial charge in [0.1, 0.15) is 19.5 Å². The molecule has 1 saturated heterocycles. The summed E-state index contributed by atoms with van der Waals surface area (Å²) in [6, 6.07) is 13.4. The van der Waals surface area contributed by atoms with Crippen molar-refractivity contribution in [1.82, 2.24) is 4.90 Å². The molecule has 0 radical (unpaired) electrons. The Morgan fingerprint density at radius 2 is 2.06 bits per heavy atom. The Hall–Kier alpha value is -2.96. The third-order valence-corrected chi connectivity index (χ3v) is 6.25. The van der Waals surface area contributed by atoms with Gasteiger partial charge in [-0.2, -0.15) is 0 Å². The molecule has 2 aromatic carbocycles. The average Bonchev–Trinajstić information content (AvgIpc) is 3.29. The molecule has 1 aromatic heterocycles. The second-order valence-corrected chi connectivity index (χ2v) is 8.80. The van der Waals surface area contributed by atoms with Gasteiger partial charge in [-0.3, -0.25) is 4.79 Å². The highest BCUT2D eigenvalue weighted by Crippen LogP contribution is 2.39. The minimum atomic E-state index is -0.0913. The topological polar surface area (TPSA) is 61.1 Å². The Balaban J connectivity index is 1.48. The molecule has 1 unspecified atom stereocenters. The summed E-state index contributed by atoms with van der Waals surface area (Å²) in [5, 5.41) is 0.661. The van der Waals surface area contributed by atoms with E-state index >= 15 is 0 Å². The van der Waals surface area contributed by atoms with Crippen LogP contribution < -0.4 is 9.47 Å².